The van der Waals surface area contributed by atoms with Crippen molar-refractivity contribution in [2.45, 2.75) is 57.3 Å². The minimum absolute atomic E-state index is 0.0634. The second-order valence-electron chi connectivity index (χ2n) is 8.61. The highest BCUT2D eigenvalue weighted by Crippen LogP contribution is 2.41. The summed E-state index contributed by atoms with van der Waals surface area (Å²) in [6.45, 7) is 3.39. The van der Waals surface area contributed by atoms with Gasteiger partial charge in [0, 0.05) is 23.1 Å². The van der Waals surface area contributed by atoms with Crippen molar-refractivity contribution in [1.82, 2.24) is 4.57 Å². The van der Waals surface area contributed by atoms with Gasteiger partial charge in [-0.05, 0) is 43.0 Å². The van der Waals surface area contributed by atoms with Crippen LogP contribution in [0.3, 0.4) is 0 Å². The number of carboxylic acid groups (broad SMARTS) is 1. The van der Waals surface area contributed by atoms with Crippen molar-refractivity contribution < 1.29 is 35.1 Å². The summed E-state index contributed by atoms with van der Waals surface area (Å²) in [7, 11) is 0. The molecular weight excluding hydrogens is 426 g/mol. The number of nitrogens with zero attached hydrogens (tertiary/aromatic N) is 1. The van der Waals surface area contributed by atoms with Gasteiger partial charge in [-0.15, -0.1) is 0 Å². The Balaban J connectivity index is 1.83. The minimum atomic E-state index is -1.47. The van der Waals surface area contributed by atoms with E-state index in [4.69, 9.17) is 9.84 Å². The molecule has 0 saturated carbocycles. The Morgan fingerprint density at radius 2 is 1.70 bits per heavy atom. The molecule has 3 aromatic rings. The molecule has 0 unspecified atom stereocenters. The largest absolute Gasteiger partial charge is 0.481 e. The van der Waals surface area contributed by atoms with Gasteiger partial charge in [0.05, 0.1) is 12.1 Å². The molecule has 5 atom stereocenters. The summed E-state index contributed by atoms with van der Waals surface area (Å²) in [5.74, 6) is -0.840. The maximum Gasteiger partial charge on any atom is 0.303 e. The molecule has 8 heteroatoms. The highest BCUT2D eigenvalue weighted by molar-refractivity contribution is 6.00. The fraction of sp³-hybridized carbons (Fsp3) is 0.400. The van der Waals surface area contributed by atoms with E-state index in [1.165, 1.54) is 0 Å². The van der Waals surface area contributed by atoms with E-state index < -0.39 is 43.2 Å². The number of aliphatic hydroxyl groups excluding tert-OH is 4. The van der Waals surface area contributed by atoms with Crippen molar-refractivity contribution in [2.24, 2.45) is 0 Å². The Morgan fingerprint density at radius 1 is 1.00 bits per heavy atom. The number of fused-ring (bicyclic) bond motifs is 1. The average Bonchev–Trinajstić information content (AvgIpc) is 3.10. The van der Waals surface area contributed by atoms with Crippen LogP contribution in [-0.2, 0) is 16.0 Å². The number of aliphatic carboxylic acids is 1. The third kappa shape index (κ3) is 4.16. The average molecular weight is 456 g/mol. The maximum absolute atomic E-state index is 10.9. The molecule has 2 heterocycles. The number of hydrogen-bond acceptors (Lipinski definition) is 6. The molecule has 2 aromatic carbocycles. The molecule has 1 aromatic heterocycles. The Kier molecular flexibility index (Phi) is 6.56. The van der Waals surface area contributed by atoms with Gasteiger partial charge in [-0.1, -0.05) is 36.4 Å². The summed E-state index contributed by atoms with van der Waals surface area (Å²) in [4.78, 5) is 10.9. The van der Waals surface area contributed by atoms with Crippen molar-refractivity contribution in [3.63, 3.8) is 0 Å². The molecule has 0 spiro atoms. The molecule has 0 amide bonds. The molecule has 1 aliphatic rings. The fourth-order valence-electron chi connectivity index (χ4n) is 4.73. The van der Waals surface area contributed by atoms with Crippen LogP contribution >= 0.6 is 0 Å². The van der Waals surface area contributed by atoms with Gasteiger partial charge in [-0.25, -0.2) is 0 Å². The zero-order valence-electron chi connectivity index (χ0n) is 18.5. The summed E-state index contributed by atoms with van der Waals surface area (Å²) in [6, 6.07) is 13.5. The summed E-state index contributed by atoms with van der Waals surface area (Å²) in [5, 5.41) is 50.8. The number of carboxylic acids is 1. The quantitative estimate of drug-likeness (QED) is 0.384. The van der Waals surface area contributed by atoms with Crippen LogP contribution in [0.25, 0.3) is 22.0 Å². The number of benzene rings is 2. The minimum Gasteiger partial charge on any atom is -0.481 e. The zero-order valence-corrected chi connectivity index (χ0v) is 18.5. The monoisotopic (exact) mass is 455 g/mol. The lowest BCUT2D eigenvalue weighted by Gasteiger charge is -2.41. The van der Waals surface area contributed by atoms with Gasteiger partial charge in [0.1, 0.15) is 24.4 Å². The van der Waals surface area contributed by atoms with Crippen LogP contribution in [0.1, 0.15) is 29.5 Å². The van der Waals surface area contributed by atoms with Gasteiger partial charge >= 0.3 is 5.97 Å². The van der Waals surface area contributed by atoms with Crippen molar-refractivity contribution in [2.75, 3.05) is 6.61 Å². The SMILES string of the molecule is Cc1cccc2c1c(-c1ccc(CCC(=O)O)cc1)c(C)n2[C@@H]1O[C@H](CO)[C@@H](O)[C@H](O)[C@H]1O. The van der Waals surface area contributed by atoms with Crippen molar-refractivity contribution in [1.29, 1.82) is 0 Å². The van der Waals surface area contributed by atoms with E-state index in [0.717, 1.165) is 38.9 Å². The highest BCUT2D eigenvalue weighted by Gasteiger charge is 2.45. The maximum atomic E-state index is 10.9. The molecule has 0 radical (unpaired) electrons. The number of rotatable bonds is 6. The van der Waals surface area contributed by atoms with Crippen molar-refractivity contribution >= 4 is 16.9 Å². The van der Waals surface area contributed by atoms with E-state index in [2.05, 4.69) is 0 Å². The van der Waals surface area contributed by atoms with Crippen LogP contribution in [0.4, 0.5) is 0 Å². The van der Waals surface area contributed by atoms with Gasteiger partial charge in [0.15, 0.2) is 6.23 Å². The molecule has 0 bridgehead atoms. The third-order valence-electron chi connectivity index (χ3n) is 6.48. The first-order valence-electron chi connectivity index (χ1n) is 11.0. The third-order valence-corrected chi connectivity index (χ3v) is 6.48. The van der Waals surface area contributed by atoms with Crippen LogP contribution < -0.4 is 0 Å². The van der Waals surface area contributed by atoms with Gasteiger partial charge in [0.2, 0.25) is 0 Å². The first-order valence-corrected chi connectivity index (χ1v) is 11.0. The molecular formula is C25H29NO7. The summed E-state index contributed by atoms with van der Waals surface area (Å²) >= 11 is 0. The van der Waals surface area contributed by atoms with Crippen LogP contribution in [0.15, 0.2) is 42.5 Å². The predicted molar refractivity (Wildman–Crippen MR) is 122 cm³/mol. The highest BCUT2D eigenvalue weighted by atomic mass is 16.6. The van der Waals surface area contributed by atoms with E-state index in [1.54, 1.807) is 4.57 Å². The molecule has 0 aliphatic carbocycles. The lowest BCUT2D eigenvalue weighted by atomic mass is 9.97. The topological polar surface area (TPSA) is 132 Å². The van der Waals surface area contributed by atoms with Gasteiger partial charge in [-0.3, -0.25) is 4.79 Å². The molecule has 33 heavy (non-hydrogen) atoms. The molecule has 8 nitrogen and oxygen atoms in total. The van der Waals surface area contributed by atoms with E-state index in [9.17, 15) is 25.2 Å². The molecule has 1 fully saturated rings. The number of carbonyl (C=O) groups is 1. The van der Waals surface area contributed by atoms with Crippen molar-refractivity contribution in [3.05, 3.63) is 59.3 Å². The van der Waals surface area contributed by atoms with Crippen LogP contribution in [0, 0.1) is 13.8 Å². The number of hydrogen-bond donors (Lipinski definition) is 5. The van der Waals surface area contributed by atoms with Crippen LogP contribution in [0.5, 0.6) is 0 Å². The van der Waals surface area contributed by atoms with Crippen molar-refractivity contribution in [3.8, 4) is 11.1 Å². The Bertz CT molecular complexity index is 1150. The smallest absolute Gasteiger partial charge is 0.303 e. The predicted octanol–water partition coefficient (Wildman–Crippen LogP) is 1.91. The van der Waals surface area contributed by atoms with E-state index in [1.807, 2.05) is 56.3 Å². The normalized spacial score (nSPS) is 25.5. The number of aryl methyl sites for hydroxylation is 2. The second-order valence-corrected chi connectivity index (χ2v) is 8.61. The first kappa shape index (κ1) is 23.4. The lowest BCUT2D eigenvalue weighted by Crippen LogP contribution is -2.56. The molecule has 1 aliphatic heterocycles. The number of ether oxygens (including phenoxy) is 1. The first-order chi connectivity index (χ1) is 15.7. The molecule has 5 N–H and O–H groups in total. The molecule has 176 valence electrons. The summed E-state index contributed by atoms with van der Waals surface area (Å²) in [6.07, 6.45) is -5.81. The molecule has 1 saturated heterocycles. The van der Waals surface area contributed by atoms with Gasteiger partial charge in [-0.2, -0.15) is 0 Å². The second kappa shape index (κ2) is 9.24. The van der Waals surface area contributed by atoms with Crippen LogP contribution in [0.2, 0.25) is 0 Å². The summed E-state index contributed by atoms with van der Waals surface area (Å²) < 4.78 is 7.67. The zero-order chi connectivity index (χ0) is 23.9. The Morgan fingerprint density at radius 3 is 2.33 bits per heavy atom. The van der Waals surface area contributed by atoms with E-state index >= 15 is 0 Å². The van der Waals surface area contributed by atoms with Gasteiger partial charge < -0.3 is 34.8 Å². The Hall–Kier alpha value is -2.75. The van der Waals surface area contributed by atoms with E-state index in [0.29, 0.717) is 6.42 Å². The van der Waals surface area contributed by atoms with E-state index in [-0.39, 0.29) is 6.42 Å². The number of aliphatic hydroxyl groups is 4. The van der Waals surface area contributed by atoms with Crippen LogP contribution in [-0.4, -0.2) is 67.1 Å². The number of aromatic nitrogens is 1. The van der Waals surface area contributed by atoms with Gasteiger partial charge in [0.25, 0.3) is 0 Å². The summed E-state index contributed by atoms with van der Waals surface area (Å²) in [5.41, 5.74) is 5.39. The fourth-order valence-corrected chi connectivity index (χ4v) is 4.73. The molecule has 4 rings (SSSR count). The Labute approximate surface area is 191 Å². The lowest BCUT2D eigenvalue weighted by molar-refractivity contribution is -0.250. The standard InChI is InChI=1S/C25H29NO7/c1-13-4-3-5-17-20(13)21(16-9-6-15(7-10-16)8-11-19(28)29)14(2)26(17)25-24(32)23(31)22(30)18(12-27)33-25/h3-7,9-10,18,22-25,27,30-32H,8,11-12H2,1-2H3,(H,28,29)/t18-,22-,23+,24-,25-/m1/s1.